The molecule has 0 spiro atoms. The second kappa shape index (κ2) is 7.94. The highest BCUT2D eigenvalue weighted by atomic mass is 16.2. The molecule has 1 aromatic heterocycles. The van der Waals surface area contributed by atoms with Gasteiger partial charge in [-0.25, -0.2) is 9.36 Å². The Balaban J connectivity index is 1.68. The minimum absolute atomic E-state index is 0.00722. The third-order valence-electron chi connectivity index (χ3n) is 6.85. The topological polar surface area (TPSA) is 96.9 Å². The Bertz CT molecular complexity index is 911. The fourth-order valence-electron chi connectivity index (χ4n) is 4.61. The van der Waals surface area contributed by atoms with E-state index in [1.54, 1.807) is 0 Å². The molecule has 1 aliphatic heterocycles. The molecule has 1 aromatic rings. The Morgan fingerprint density at radius 1 is 1.25 bits per heavy atom. The van der Waals surface area contributed by atoms with E-state index in [0.29, 0.717) is 30.0 Å². The summed E-state index contributed by atoms with van der Waals surface area (Å²) >= 11 is 0. The van der Waals surface area contributed by atoms with Crippen molar-refractivity contribution in [2.75, 3.05) is 0 Å². The average Bonchev–Trinajstić information content (AvgIpc) is 3.16. The summed E-state index contributed by atoms with van der Waals surface area (Å²) in [5.41, 5.74) is -0.322. The average molecular weight is 386 g/mol. The molecule has 0 saturated heterocycles. The van der Waals surface area contributed by atoms with Gasteiger partial charge in [0.15, 0.2) is 0 Å². The van der Waals surface area contributed by atoms with Crippen LogP contribution in [0.3, 0.4) is 0 Å². The van der Waals surface area contributed by atoms with Gasteiger partial charge in [-0.2, -0.15) is 5.26 Å². The Morgan fingerprint density at radius 3 is 2.54 bits per heavy atom. The van der Waals surface area contributed by atoms with Gasteiger partial charge < -0.3 is 5.32 Å². The van der Waals surface area contributed by atoms with Gasteiger partial charge in [-0.15, -0.1) is 0 Å². The lowest BCUT2D eigenvalue weighted by Crippen LogP contribution is -2.47. The summed E-state index contributed by atoms with van der Waals surface area (Å²) in [6, 6.07) is 2.00. The smallest absolute Gasteiger partial charge is 0.331 e. The van der Waals surface area contributed by atoms with Gasteiger partial charge in [0.05, 0.1) is 0 Å². The van der Waals surface area contributed by atoms with Crippen molar-refractivity contribution in [2.45, 2.75) is 84.8 Å². The lowest BCUT2D eigenvalue weighted by atomic mass is 9.69. The van der Waals surface area contributed by atoms with Crippen LogP contribution in [0.15, 0.2) is 9.59 Å². The fraction of sp³-hybridized carbons (Fsp3) is 0.714. The van der Waals surface area contributed by atoms with Crippen LogP contribution in [0.25, 0.3) is 0 Å². The number of nitrogens with zero attached hydrogens (tertiary/aromatic N) is 3. The van der Waals surface area contributed by atoms with Crippen LogP contribution in [-0.2, 0) is 24.3 Å². The first kappa shape index (κ1) is 20.4. The predicted octanol–water partition coefficient (Wildman–Crippen LogP) is 1.94. The van der Waals surface area contributed by atoms with Crippen molar-refractivity contribution in [3.8, 4) is 6.07 Å². The predicted molar refractivity (Wildman–Crippen MR) is 106 cm³/mol. The van der Waals surface area contributed by atoms with Crippen LogP contribution < -0.4 is 16.6 Å². The standard InChI is InChI=1S/C21H30N4O3/c1-4-21(2,3)14-7-9-15(10-8-14)23-18(26)13-25-19(27)16(12-22)17-6-5-11-24(17)20(25)28/h14-15H,4-11,13H2,1-3H3,(H,23,26). The quantitative estimate of drug-likeness (QED) is 0.836. The minimum atomic E-state index is -0.649. The van der Waals surface area contributed by atoms with Crippen molar-refractivity contribution in [3.63, 3.8) is 0 Å². The van der Waals surface area contributed by atoms with Gasteiger partial charge in [0, 0.05) is 18.3 Å². The maximum atomic E-state index is 12.6. The highest BCUT2D eigenvalue weighted by molar-refractivity contribution is 5.76. The second-order valence-electron chi connectivity index (χ2n) is 8.82. The molecule has 1 amide bonds. The number of fused-ring (bicyclic) bond motifs is 1. The summed E-state index contributed by atoms with van der Waals surface area (Å²) in [4.78, 5) is 37.7. The van der Waals surface area contributed by atoms with Crippen molar-refractivity contribution in [1.29, 1.82) is 5.26 Å². The Labute approximate surface area is 165 Å². The van der Waals surface area contributed by atoms with Gasteiger partial charge in [-0.1, -0.05) is 27.2 Å². The molecule has 1 N–H and O–H groups in total. The lowest BCUT2D eigenvalue weighted by Gasteiger charge is -2.39. The fourth-order valence-corrected chi connectivity index (χ4v) is 4.61. The normalized spacial score (nSPS) is 21.8. The van der Waals surface area contributed by atoms with E-state index >= 15 is 0 Å². The van der Waals surface area contributed by atoms with Crippen molar-refractivity contribution >= 4 is 5.91 Å². The molecule has 0 aromatic carbocycles. The van der Waals surface area contributed by atoms with Crippen LogP contribution in [0, 0.1) is 22.7 Å². The molecular formula is C21H30N4O3. The third-order valence-corrected chi connectivity index (χ3v) is 6.85. The summed E-state index contributed by atoms with van der Waals surface area (Å²) in [7, 11) is 0. The first-order valence-corrected chi connectivity index (χ1v) is 10.3. The zero-order chi connectivity index (χ0) is 20.5. The number of nitriles is 1. The van der Waals surface area contributed by atoms with E-state index in [0.717, 1.165) is 43.1 Å². The number of carbonyl (C=O) groups is 1. The second-order valence-corrected chi connectivity index (χ2v) is 8.82. The van der Waals surface area contributed by atoms with Crippen molar-refractivity contribution in [1.82, 2.24) is 14.5 Å². The molecule has 152 valence electrons. The van der Waals surface area contributed by atoms with Crippen molar-refractivity contribution in [3.05, 3.63) is 32.1 Å². The van der Waals surface area contributed by atoms with Crippen LogP contribution in [0.5, 0.6) is 0 Å². The summed E-state index contributed by atoms with van der Waals surface area (Å²) in [6.45, 7) is 6.99. The first-order chi connectivity index (χ1) is 13.3. The van der Waals surface area contributed by atoms with E-state index in [-0.39, 0.29) is 24.1 Å². The number of aromatic nitrogens is 2. The minimum Gasteiger partial charge on any atom is -0.352 e. The SMILES string of the molecule is CCC(C)(C)C1CCC(NC(=O)Cn2c(=O)c(C#N)c3n(c2=O)CCC3)CC1. The summed E-state index contributed by atoms with van der Waals surface area (Å²) < 4.78 is 2.37. The molecule has 2 aliphatic rings. The molecule has 28 heavy (non-hydrogen) atoms. The maximum absolute atomic E-state index is 12.6. The van der Waals surface area contributed by atoms with Gasteiger partial charge in [0.25, 0.3) is 5.56 Å². The highest BCUT2D eigenvalue weighted by Crippen LogP contribution is 2.40. The Morgan fingerprint density at radius 2 is 1.93 bits per heavy atom. The van der Waals surface area contributed by atoms with E-state index < -0.39 is 11.2 Å². The van der Waals surface area contributed by atoms with E-state index in [1.165, 1.54) is 4.57 Å². The molecular weight excluding hydrogens is 356 g/mol. The molecule has 0 atom stereocenters. The summed E-state index contributed by atoms with van der Waals surface area (Å²) in [5.74, 6) is 0.327. The molecule has 0 bridgehead atoms. The molecule has 7 nitrogen and oxygen atoms in total. The largest absolute Gasteiger partial charge is 0.352 e. The van der Waals surface area contributed by atoms with Crippen LogP contribution in [0.2, 0.25) is 0 Å². The van der Waals surface area contributed by atoms with Crippen LogP contribution >= 0.6 is 0 Å². The number of carbonyl (C=O) groups excluding carboxylic acids is 1. The monoisotopic (exact) mass is 386 g/mol. The van der Waals surface area contributed by atoms with E-state index in [9.17, 15) is 19.6 Å². The number of nitrogens with one attached hydrogen (secondary N) is 1. The number of amides is 1. The Hall–Kier alpha value is -2.36. The lowest BCUT2D eigenvalue weighted by molar-refractivity contribution is -0.122. The first-order valence-electron chi connectivity index (χ1n) is 10.3. The highest BCUT2D eigenvalue weighted by Gasteiger charge is 2.32. The third kappa shape index (κ3) is 3.78. The molecule has 7 heteroatoms. The summed E-state index contributed by atoms with van der Waals surface area (Å²) in [5, 5.41) is 12.3. The molecule has 1 aliphatic carbocycles. The maximum Gasteiger partial charge on any atom is 0.331 e. The van der Waals surface area contributed by atoms with Gasteiger partial charge in [-0.3, -0.25) is 14.2 Å². The Kier molecular flexibility index (Phi) is 5.78. The zero-order valence-corrected chi connectivity index (χ0v) is 17.1. The summed E-state index contributed by atoms with van der Waals surface area (Å²) in [6.07, 6.45) is 6.41. The number of hydrogen-bond donors (Lipinski definition) is 1. The van der Waals surface area contributed by atoms with Gasteiger partial charge >= 0.3 is 5.69 Å². The zero-order valence-electron chi connectivity index (χ0n) is 17.1. The van der Waals surface area contributed by atoms with Crippen LogP contribution in [0.4, 0.5) is 0 Å². The van der Waals surface area contributed by atoms with E-state index in [4.69, 9.17) is 0 Å². The van der Waals surface area contributed by atoms with Gasteiger partial charge in [0.1, 0.15) is 18.2 Å². The molecule has 1 fully saturated rings. The molecule has 2 heterocycles. The number of hydrogen-bond acceptors (Lipinski definition) is 4. The van der Waals surface area contributed by atoms with Gasteiger partial charge in [-0.05, 0) is 49.9 Å². The van der Waals surface area contributed by atoms with Crippen molar-refractivity contribution < 1.29 is 4.79 Å². The van der Waals surface area contributed by atoms with Crippen molar-refractivity contribution in [2.24, 2.45) is 11.3 Å². The van der Waals surface area contributed by atoms with Crippen LogP contribution in [-0.4, -0.2) is 21.1 Å². The van der Waals surface area contributed by atoms with Gasteiger partial charge in [0.2, 0.25) is 5.91 Å². The van der Waals surface area contributed by atoms with E-state index in [1.807, 2.05) is 6.07 Å². The van der Waals surface area contributed by atoms with Crippen LogP contribution in [0.1, 0.15) is 70.6 Å². The molecule has 0 radical (unpaired) electrons. The molecule has 0 unspecified atom stereocenters. The molecule has 1 saturated carbocycles. The molecule has 3 rings (SSSR count). The van der Waals surface area contributed by atoms with E-state index in [2.05, 4.69) is 26.1 Å². The number of rotatable bonds is 5.